The molecular formula is C21H22F3NO2. The summed E-state index contributed by atoms with van der Waals surface area (Å²) in [7, 11) is 0. The standard InChI is InChI=1S/C21H22F3NO2/c22-21(23,24)18-11-9-16(10-12-18)17-7-4-8-19(13-17)25-20(26)27-14-15-5-2-1-3-6-15/h4,7-13,15H,1-3,5-6,14H2,(H,25,26). The maximum absolute atomic E-state index is 12.7. The van der Waals surface area contributed by atoms with E-state index in [4.69, 9.17) is 4.74 Å². The Hall–Kier alpha value is -2.50. The zero-order valence-electron chi connectivity index (χ0n) is 14.9. The first-order chi connectivity index (χ1) is 12.9. The Balaban J connectivity index is 1.60. The highest BCUT2D eigenvalue weighted by Gasteiger charge is 2.29. The number of alkyl halides is 3. The molecule has 1 N–H and O–H groups in total. The zero-order chi connectivity index (χ0) is 19.3. The molecule has 0 bridgehead atoms. The molecule has 1 amide bonds. The Bertz CT molecular complexity index is 766. The van der Waals surface area contributed by atoms with Crippen molar-refractivity contribution in [2.24, 2.45) is 5.92 Å². The van der Waals surface area contributed by atoms with E-state index in [0.29, 0.717) is 29.3 Å². The molecule has 0 aliphatic heterocycles. The minimum atomic E-state index is -4.36. The van der Waals surface area contributed by atoms with Gasteiger partial charge in [0.15, 0.2) is 0 Å². The van der Waals surface area contributed by atoms with Crippen LogP contribution in [0.25, 0.3) is 11.1 Å². The second-order valence-electron chi connectivity index (χ2n) is 6.88. The van der Waals surface area contributed by atoms with Crippen LogP contribution in [0.5, 0.6) is 0 Å². The Morgan fingerprint density at radius 1 is 1.00 bits per heavy atom. The third-order valence-electron chi connectivity index (χ3n) is 4.83. The zero-order valence-corrected chi connectivity index (χ0v) is 14.9. The van der Waals surface area contributed by atoms with Gasteiger partial charge < -0.3 is 4.74 Å². The fraction of sp³-hybridized carbons (Fsp3) is 0.381. The first kappa shape index (κ1) is 19.3. The molecule has 0 heterocycles. The van der Waals surface area contributed by atoms with Crippen molar-refractivity contribution >= 4 is 11.8 Å². The van der Waals surface area contributed by atoms with Crippen molar-refractivity contribution in [3.05, 3.63) is 54.1 Å². The van der Waals surface area contributed by atoms with E-state index >= 15 is 0 Å². The largest absolute Gasteiger partial charge is 0.449 e. The molecule has 6 heteroatoms. The van der Waals surface area contributed by atoms with Gasteiger partial charge in [-0.25, -0.2) is 4.79 Å². The number of halogens is 3. The summed E-state index contributed by atoms with van der Waals surface area (Å²) in [6, 6.07) is 11.9. The number of nitrogens with one attached hydrogen (secondary N) is 1. The first-order valence-corrected chi connectivity index (χ1v) is 9.13. The van der Waals surface area contributed by atoms with Gasteiger partial charge in [-0.15, -0.1) is 0 Å². The van der Waals surface area contributed by atoms with Crippen molar-refractivity contribution in [1.29, 1.82) is 0 Å². The molecule has 3 rings (SSSR count). The Labute approximate surface area is 156 Å². The number of carbonyl (C=O) groups excluding carboxylic acids is 1. The van der Waals surface area contributed by atoms with Crippen LogP contribution in [-0.4, -0.2) is 12.7 Å². The van der Waals surface area contributed by atoms with Gasteiger partial charge in [0.1, 0.15) is 0 Å². The summed E-state index contributed by atoms with van der Waals surface area (Å²) in [4.78, 5) is 12.0. The van der Waals surface area contributed by atoms with Gasteiger partial charge in [-0.1, -0.05) is 43.5 Å². The summed E-state index contributed by atoms with van der Waals surface area (Å²) in [6.07, 6.45) is 0.942. The van der Waals surface area contributed by atoms with Gasteiger partial charge in [-0.3, -0.25) is 5.32 Å². The topological polar surface area (TPSA) is 38.3 Å². The van der Waals surface area contributed by atoms with E-state index in [-0.39, 0.29) is 0 Å². The maximum Gasteiger partial charge on any atom is 0.416 e. The number of carbonyl (C=O) groups is 1. The van der Waals surface area contributed by atoms with Crippen molar-refractivity contribution in [2.75, 3.05) is 11.9 Å². The molecule has 1 aliphatic carbocycles. The Kier molecular flexibility index (Phi) is 6.04. The lowest BCUT2D eigenvalue weighted by atomic mass is 9.90. The van der Waals surface area contributed by atoms with Crippen LogP contribution in [0.4, 0.5) is 23.7 Å². The summed E-state index contributed by atoms with van der Waals surface area (Å²) in [5, 5.41) is 2.69. The molecule has 27 heavy (non-hydrogen) atoms. The van der Waals surface area contributed by atoms with Gasteiger partial charge >= 0.3 is 12.3 Å². The summed E-state index contributed by atoms with van der Waals surface area (Å²) in [5.74, 6) is 0.433. The monoisotopic (exact) mass is 377 g/mol. The summed E-state index contributed by atoms with van der Waals surface area (Å²) >= 11 is 0. The Morgan fingerprint density at radius 3 is 2.37 bits per heavy atom. The smallest absolute Gasteiger partial charge is 0.416 e. The molecule has 1 saturated carbocycles. The lowest BCUT2D eigenvalue weighted by molar-refractivity contribution is -0.137. The van der Waals surface area contributed by atoms with Crippen LogP contribution in [0.1, 0.15) is 37.7 Å². The maximum atomic E-state index is 12.7. The van der Waals surface area contributed by atoms with E-state index in [9.17, 15) is 18.0 Å². The van der Waals surface area contributed by atoms with E-state index in [1.807, 2.05) is 0 Å². The van der Waals surface area contributed by atoms with E-state index < -0.39 is 17.8 Å². The molecule has 1 fully saturated rings. The van der Waals surface area contributed by atoms with E-state index in [1.165, 1.54) is 31.4 Å². The van der Waals surface area contributed by atoms with Crippen LogP contribution >= 0.6 is 0 Å². The molecule has 2 aromatic rings. The van der Waals surface area contributed by atoms with Crippen molar-refractivity contribution < 1.29 is 22.7 Å². The number of benzene rings is 2. The number of hydrogen-bond acceptors (Lipinski definition) is 2. The van der Waals surface area contributed by atoms with Gasteiger partial charge in [0, 0.05) is 5.69 Å². The highest BCUT2D eigenvalue weighted by molar-refractivity contribution is 5.86. The summed E-state index contributed by atoms with van der Waals surface area (Å²) < 4.78 is 43.3. The fourth-order valence-electron chi connectivity index (χ4n) is 3.33. The number of hydrogen-bond donors (Lipinski definition) is 1. The van der Waals surface area contributed by atoms with Crippen LogP contribution in [0.15, 0.2) is 48.5 Å². The lowest BCUT2D eigenvalue weighted by Crippen LogP contribution is -2.20. The quantitative estimate of drug-likeness (QED) is 0.660. The van der Waals surface area contributed by atoms with Gasteiger partial charge in [0.2, 0.25) is 0 Å². The lowest BCUT2D eigenvalue weighted by Gasteiger charge is -2.21. The van der Waals surface area contributed by atoms with Crippen molar-refractivity contribution in [1.82, 2.24) is 0 Å². The van der Waals surface area contributed by atoms with E-state index in [1.54, 1.807) is 24.3 Å². The number of amides is 1. The molecule has 0 saturated heterocycles. The Morgan fingerprint density at radius 2 is 1.70 bits per heavy atom. The van der Waals surface area contributed by atoms with Crippen LogP contribution in [-0.2, 0) is 10.9 Å². The van der Waals surface area contributed by atoms with Crippen molar-refractivity contribution in [3.63, 3.8) is 0 Å². The number of anilines is 1. The third kappa shape index (κ3) is 5.49. The van der Waals surface area contributed by atoms with Gasteiger partial charge in [0.25, 0.3) is 0 Å². The second-order valence-corrected chi connectivity index (χ2v) is 6.88. The molecule has 0 spiro atoms. The normalized spacial score (nSPS) is 15.4. The van der Waals surface area contributed by atoms with Gasteiger partial charge in [0.05, 0.1) is 12.2 Å². The van der Waals surface area contributed by atoms with E-state index in [2.05, 4.69) is 5.32 Å². The molecule has 144 valence electrons. The third-order valence-corrected chi connectivity index (χ3v) is 4.83. The predicted octanol–water partition coefficient (Wildman–Crippen LogP) is 6.50. The highest BCUT2D eigenvalue weighted by atomic mass is 19.4. The molecule has 3 nitrogen and oxygen atoms in total. The predicted molar refractivity (Wildman–Crippen MR) is 98.4 cm³/mol. The van der Waals surface area contributed by atoms with Crippen LogP contribution < -0.4 is 5.32 Å². The molecule has 1 aliphatic rings. The van der Waals surface area contributed by atoms with Crippen LogP contribution in [0.3, 0.4) is 0 Å². The van der Waals surface area contributed by atoms with Gasteiger partial charge in [-0.2, -0.15) is 13.2 Å². The number of rotatable bonds is 4. The molecule has 0 radical (unpaired) electrons. The average Bonchev–Trinajstić information content (AvgIpc) is 2.67. The van der Waals surface area contributed by atoms with Crippen LogP contribution in [0, 0.1) is 5.92 Å². The fourth-order valence-corrected chi connectivity index (χ4v) is 3.33. The highest BCUT2D eigenvalue weighted by Crippen LogP contribution is 2.31. The molecule has 0 atom stereocenters. The SMILES string of the molecule is O=C(Nc1cccc(-c2ccc(C(F)(F)F)cc2)c1)OCC1CCCCC1. The minimum absolute atomic E-state index is 0.421. The average molecular weight is 377 g/mol. The molecule has 0 aromatic heterocycles. The van der Waals surface area contributed by atoms with Crippen molar-refractivity contribution in [2.45, 2.75) is 38.3 Å². The minimum Gasteiger partial charge on any atom is -0.449 e. The van der Waals surface area contributed by atoms with Crippen LogP contribution in [0.2, 0.25) is 0 Å². The second kappa shape index (κ2) is 8.46. The first-order valence-electron chi connectivity index (χ1n) is 9.13. The van der Waals surface area contributed by atoms with Crippen molar-refractivity contribution in [3.8, 4) is 11.1 Å². The van der Waals surface area contributed by atoms with E-state index in [0.717, 1.165) is 25.0 Å². The molecule has 2 aromatic carbocycles. The number of ether oxygens (including phenoxy) is 1. The molecule has 0 unspecified atom stereocenters. The van der Waals surface area contributed by atoms with Gasteiger partial charge in [-0.05, 0) is 54.2 Å². The summed E-state index contributed by atoms with van der Waals surface area (Å²) in [6.45, 7) is 0.421. The summed E-state index contributed by atoms with van der Waals surface area (Å²) in [5.41, 5.74) is 1.21. The molecular weight excluding hydrogens is 355 g/mol.